The van der Waals surface area contributed by atoms with E-state index in [1.54, 1.807) is 31.3 Å². The van der Waals surface area contributed by atoms with E-state index in [9.17, 15) is 23.1 Å². The second kappa shape index (κ2) is 13.1. The minimum atomic E-state index is -4.83. The Kier molecular flexibility index (Phi) is 8.83. The summed E-state index contributed by atoms with van der Waals surface area (Å²) in [5, 5.41) is 17.3. The highest BCUT2D eigenvalue weighted by Gasteiger charge is 2.50. The Balaban J connectivity index is 1.19. The van der Waals surface area contributed by atoms with Crippen LogP contribution in [0.15, 0.2) is 54.7 Å². The summed E-state index contributed by atoms with van der Waals surface area (Å²) >= 11 is 0. The third-order valence-corrected chi connectivity index (χ3v) is 10.3. The smallest absolute Gasteiger partial charge is 0.429 e. The van der Waals surface area contributed by atoms with E-state index in [-0.39, 0.29) is 34.5 Å². The van der Waals surface area contributed by atoms with Crippen LogP contribution in [-0.2, 0) is 11.2 Å². The van der Waals surface area contributed by atoms with Gasteiger partial charge in [-0.25, -0.2) is 4.68 Å². The zero-order valence-corrected chi connectivity index (χ0v) is 27.9. The van der Waals surface area contributed by atoms with E-state index in [2.05, 4.69) is 20.4 Å². The van der Waals surface area contributed by atoms with Gasteiger partial charge < -0.3 is 30.5 Å². The van der Waals surface area contributed by atoms with E-state index in [1.165, 1.54) is 16.8 Å². The molecular formula is C36H40F3N7O4. The van der Waals surface area contributed by atoms with Gasteiger partial charge in [0.2, 0.25) is 17.9 Å². The van der Waals surface area contributed by atoms with Crippen LogP contribution in [-0.4, -0.2) is 68.8 Å². The Morgan fingerprint density at radius 2 is 1.90 bits per heavy atom. The third-order valence-electron chi connectivity index (χ3n) is 10.3. The Labute approximate surface area is 287 Å². The predicted octanol–water partition coefficient (Wildman–Crippen LogP) is 6.04. The normalized spacial score (nSPS) is 20.7. The maximum Gasteiger partial charge on any atom is 0.429 e. The highest BCUT2D eigenvalue weighted by atomic mass is 19.4. The van der Waals surface area contributed by atoms with Crippen LogP contribution >= 0.6 is 0 Å². The number of aliphatic carboxylic acids is 1. The molecule has 14 heteroatoms. The molecule has 0 aliphatic carbocycles. The van der Waals surface area contributed by atoms with E-state index in [4.69, 9.17) is 15.2 Å². The number of carboxylic acids is 1. The van der Waals surface area contributed by atoms with Crippen molar-refractivity contribution < 1.29 is 32.5 Å². The van der Waals surface area contributed by atoms with Gasteiger partial charge in [0.1, 0.15) is 17.6 Å². The molecule has 264 valence electrons. The fourth-order valence-electron chi connectivity index (χ4n) is 7.78. The van der Waals surface area contributed by atoms with Gasteiger partial charge >= 0.3 is 12.1 Å². The number of benzene rings is 2. The molecule has 3 aliphatic rings. The Morgan fingerprint density at radius 1 is 1.14 bits per heavy atom. The maximum absolute atomic E-state index is 15.0. The molecule has 2 fully saturated rings. The number of carboxylic acid groups (broad SMARTS) is 1. The number of anilines is 2. The molecule has 3 aliphatic heterocycles. The number of rotatable bonds is 8. The van der Waals surface area contributed by atoms with Crippen molar-refractivity contribution in [1.29, 1.82) is 0 Å². The number of halogens is 3. The summed E-state index contributed by atoms with van der Waals surface area (Å²) in [7, 11) is 0. The van der Waals surface area contributed by atoms with Gasteiger partial charge in [-0.05, 0) is 91.8 Å². The van der Waals surface area contributed by atoms with Gasteiger partial charge in [-0.1, -0.05) is 25.1 Å². The lowest BCUT2D eigenvalue weighted by Crippen LogP contribution is -2.46. The number of carbonyl (C=O) groups is 1. The summed E-state index contributed by atoms with van der Waals surface area (Å²) in [4.78, 5) is 22.1. The van der Waals surface area contributed by atoms with Crippen molar-refractivity contribution in [2.24, 2.45) is 5.41 Å². The summed E-state index contributed by atoms with van der Waals surface area (Å²) in [6.45, 7) is 5.53. The first-order valence-corrected chi connectivity index (χ1v) is 17.0. The number of nitrogens with one attached hydrogen (secondary N) is 1. The molecule has 50 heavy (non-hydrogen) atoms. The molecule has 0 radical (unpaired) electrons. The maximum atomic E-state index is 15.0. The summed E-state index contributed by atoms with van der Waals surface area (Å²) in [5.41, 5.74) is 9.21. The summed E-state index contributed by atoms with van der Waals surface area (Å²) in [6.07, 6.45) is -1.13. The van der Waals surface area contributed by atoms with Gasteiger partial charge in [-0.15, -0.1) is 0 Å². The lowest BCUT2D eigenvalue weighted by Gasteiger charge is -2.43. The first-order valence-electron chi connectivity index (χ1n) is 17.0. The topological polar surface area (TPSA) is 141 Å². The number of alkyl halides is 3. The molecule has 7 rings (SSSR count). The van der Waals surface area contributed by atoms with Crippen LogP contribution in [0.4, 0.5) is 24.9 Å². The summed E-state index contributed by atoms with van der Waals surface area (Å²) < 4.78 is 57.9. The molecule has 2 aromatic carbocycles. The van der Waals surface area contributed by atoms with Crippen LogP contribution in [0.5, 0.6) is 11.6 Å². The number of aromatic nitrogens is 4. The van der Waals surface area contributed by atoms with Crippen molar-refractivity contribution in [1.82, 2.24) is 25.1 Å². The lowest BCUT2D eigenvalue weighted by atomic mass is 9.71. The minimum absolute atomic E-state index is 0.0630. The lowest BCUT2D eigenvalue weighted by molar-refractivity contribution is -0.198. The van der Waals surface area contributed by atoms with Crippen molar-refractivity contribution in [2.75, 3.05) is 30.3 Å². The average molecular weight is 692 g/mol. The molecule has 3 atom stereocenters. The number of nitrogens with two attached hydrogens (primary N) is 1. The molecule has 4 N–H and O–H groups in total. The number of piperidine rings is 1. The average Bonchev–Trinajstić information content (AvgIpc) is 3.69. The van der Waals surface area contributed by atoms with Crippen LogP contribution in [0.2, 0.25) is 0 Å². The largest absolute Gasteiger partial charge is 0.493 e. The number of fused-ring (bicyclic) bond motifs is 1. The number of nitrogens with zero attached hydrogens (tertiary/aromatic N) is 5. The fourth-order valence-corrected chi connectivity index (χ4v) is 7.78. The third kappa shape index (κ3) is 6.55. The molecule has 0 bridgehead atoms. The number of aryl methyl sites for hydroxylation is 2. The standard InChI is InChI=1S/C36H40F3N7O4/c1-3-29-35(20-26(41-29)33(47)48)11-14-45(15-12-35)30-19-31(43-34(40)42-30)50-32(36(37,38)39)25-8-6-23(18-27(25)46-13-10-21(2)44-46)22-7-9-28-24(17-22)5-4-16-49-28/h6-10,13,17-19,26,29,32,41H,3-5,11-12,14-16,20H2,1-2H3,(H,47,48)(H2,40,42,43)/t26?,29?,32-/m1/s1. The summed E-state index contributed by atoms with van der Waals surface area (Å²) in [6, 6.07) is 13.2. The Hall–Kier alpha value is -4.85. The first-order chi connectivity index (χ1) is 23.9. The van der Waals surface area contributed by atoms with Gasteiger partial charge in [0, 0.05) is 37.0 Å². The number of hydrogen-bond acceptors (Lipinski definition) is 9. The molecule has 0 saturated carbocycles. The molecular weight excluding hydrogens is 651 g/mol. The number of hydrogen-bond donors (Lipinski definition) is 3. The van der Waals surface area contributed by atoms with E-state index in [1.807, 2.05) is 30.0 Å². The number of ether oxygens (including phenoxy) is 2. The van der Waals surface area contributed by atoms with Gasteiger partial charge in [0.05, 0.1) is 18.0 Å². The second-order valence-corrected chi connectivity index (χ2v) is 13.5. The zero-order chi connectivity index (χ0) is 35.2. The molecule has 4 aromatic rings. The van der Waals surface area contributed by atoms with Gasteiger partial charge in [0.25, 0.3) is 0 Å². The molecule has 2 saturated heterocycles. The molecule has 1 spiro atoms. The van der Waals surface area contributed by atoms with Crippen molar-refractivity contribution in [3.05, 3.63) is 71.5 Å². The highest BCUT2D eigenvalue weighted by Crippen LogP contribution is 2.46. The minimum Gasteiger partial charge on any atom is -0.493 e. The molecule has 2 unspecified atom stereocenters. The Morgan fingerprint density at radius 3 is 2.60 bits per heavy atom. The van der Waals surface area contributed by atoms with E-state index in [0.717, 1.165) is 41.7 Å². The van der Waals surface area contributed by atoms with Gasteiger partial charge in [-0.2, -0.15) is 28.2 Å². The quantitative estimate of drug-likeness (QED) is 0.200. The molecule has 0 amide bonds. The summed E-state index contributed by atoms with van der Waals surface area (Å²) in [5.74, 6) is -0.205. The van der Waals surface area contributed by atoms with E-state index < -0.39 is 24.3 Å². The first kappa shape index (κ1) is 33.6. The van der Waals surface area contributed by atoms with Crippen LogP contribution in [0.3, 0.4) is 0 Å². The highest BCUT2D eigenvalue weighted by molar-refractivity contribution is 5.74. The second-order valence-electron chi connectivity index (χ2n) is 13.5. The van der Waals surface area contributed by atoms with Crippen molar-refractivity contribution in [3.63, 3.8) is 0 Å². The van der Waals surface area contributed by atoms with Crippen LogP contribution in [0, 0.1) is 12.3 Å². The van der Waals surface area contributed by atoms with E-state index >= 15 is 0 Å². The van der Waals surface area contributed by atoms with Crippen molar-refractivity contribution in [3.8, 4) is 28.4 Å². The molecule has 11 nitrogen and oxygen atoms in total. The van der Waals surface area contributed by atoms with Crippen LogP contribution in [0.25, 0.3) is 16.8 Å². The van der Waals surface area contributed by atoms with Crippen LogP contribution in [0.1, 0.15) is 62.0 Å². The fraction of sp³-hybridized carbons (Fsp3) is 0.444. The van der Waals surface area contributed by atoms with Crippen molar-refractivity contribution >= 4 is 17.7 Å². The van der Waals surface area contributed by atoms with E-state index in [0.29, 0.717) is 50.5 Å². The van der Waals surface area contributed by atoms with Gasteiger partial charge in [-0.3, -0.25) is 4.79 Å². The van der Waals surface area contributed by atoms with Gasteiger partial charge in [0.15, 0.2) is 0 Å². The SMILES string of the molecule is CCC1NC(C(=O)O)CC12CCN(c1cc(O[C@H](c3ccc(-c4ccc5c(c4)CCCO5)cc3-n3ccc(C)n3)C(F)(F)F)nc(N)n1)CC2. The number of nitrogen functional groups attached to an aromatic ring is 1. The Bertz CT molecular complexity index is 1890. The molecule has 2 aromatic heterocycles. The van der Waals surface area contributed by atoms with Crippen molar-refractivity contribution in [2.45, 2.75) is 76.7 Å². The molecule has 5 heterocycles. The van der Waals surface area contributed by atoms with Crippen LogP contribution < -0.4 is 25.4 Å². The monoisotopic (exact) mass is 691 g/mol. The zero-order valence-electron chi connectivity index (χ0n) is 27.9. The predicted molar refractivity (Wildman–Crippen MR) is 181 cm³/mol.